The molecule has 0 aliphatic carbocycles. The molecule has 1 aliphatic rings. The number of nitrogens with zero attached hydrogens (tertiary/aromatic N) is 4. The number of nitriles is 1. The molecule has 8 heteroatoms. The number of benzene rings is 2. The zero-order valence-corrected chi connectivity index (χ0v) is 19.7. The standard InChI is InChI=1S/C27H23N5O2S/c28-18-20(27(33)29-22-8-10-23(11-9-22)31-12-14-34-15-13-31)17-21-19-32(24-5-2-1-3-6-24)30-26(21)25-7-4-16-35-25/h1-11,16-17,19H,12-15H2,(H,29,33)/b20-17-. The number of rotatable bonds is 6. The van der Waals surface area contributed by atoms with Crippen LogP contribution in [0, 0.1) is 11.3 Å². The Hall–Kier alpha value is -4.19. The summed E-state index contributed by atoms with van der Waals surface area (Å²) in [6, 6.07) is 23.3. The van der Waals surface area contributed by atoms with Crippen LogP contribution < -0.4 is 10.2 Å². The van der Waals surface area contributed by atoms with Crippen LogP contribution in [0.2, 0.25) is 0 Å². The van der Waals surface area contributed by atoms with Gasteiger partial charge in [-0.3, -0.25) is 4.79 Å². The quantitative estimate of drug-likeness (QED) is 0.310. The van der Waals surface area contributed by atoms with Gasteiger partial charge in [0.05, 0.1) is 23.8 Å². The zero-order valence-electron chi connectivity index (χ0n) is 18.9. The summed E-state index contributed by atoms with van der Waals surface area (Å²) in [6.45, 7) is 3.11. The molecule has 1 N–H and O–H groups in total. The summed E-state index contributed by atoms with van der Waals surface area (Å²) in [5.74, 6) is -0.462. The van der Waals surface area contributed by atoms with Gasteiger partial charge in [-0.1, -0.05) is 24.3 Å². The minimum absolute atomic E-state index is 0.00711. The molecule has 2 aromatic carbocycles. The van der Waals surface area contributed by atoms with Gasteiger partial charge in [0.15, 0.2) is 0 Å². The minimum Gasteiger partial charge on any atom is -0.378 e. The fraction of sp³-hybridized carbons (Fsp3) is 0.148. The number of amides is 1. The molecule has 2 aromatic heterocycles. The molecule has 7 nitrogen and oxygen atoms in total. The van der Waals surface area contributed by atoms with Crippen molar-refractivity contribution in [3.8, 4) is 22.3 Å². The molecular weight excluding hydrogens is 458 g/mol. The summed E-state index contributed by atoms with van der Waals surface area (Å²) in [6.07, 6.45) is 3.44. The average molecular weight is 482 g/mol. The number of nitrogens with one attached hydrogen (secondary N) is 1. The number of ether oxygens (including phenoxy) is 1. The number of thiophene rings is 1. The molecule has 1 amide bonds. The van der Waals surface area contributed by atoms with Gasteiger partial charge < -0.3 is 15.0 Å². The molecular formula is C27H23N5O2S. The zero-order chi connectivity index (χ0) is 24.0. The molecule has 0 bridgehead atoms. The van der Waals surface area contributed by atoms with E-state index in [1.165, 1.54) is 0 Å². The first-order valence-corrected chi connectivity index (χ1v) is 12.1. The lowest BCUT2D eigenvalue weighted by Crippen LogP contribution is -2.36. The van der Waals surface area contributed by atoms with E-state index in [0.29, 0.717) is 24.5 Å². The summed E-state index contributed by atoms with van der Waals surface area (Å²) in [4.78, 5) is 16.2. The maximum atomic E-state index is 13.0. The van der Waals surface area contributed by atoms with Crippen molar-refractivity contribution in [1.82, 2.24) is 9.78 Å². The van der Waals surface area contributed by atoms with Crippen molar-refractivity contribution in [2.24, 2.45) is 0 Å². The van der Waals surface area contributed by atoms with Crippen LogP contribution in [0.25, 0.3) is 22.3 Å². The average Bonchev–Trinajstić information content (AvgIpc) is 3.59. The van der Waals surface area contributed by atoms with Gasteiger partial charge in [-0.05, 0) is 53.9 Å². The number of aromatic nitrogens is 2. The monoisotopic (exact) mass is 481 g/mol. The van der Waals surface area contributed by atoms with Crippen molar-refractivity contribution in [1.29, 1.82) is 5.26 Å². The molecule has 1 saturated heterocycles. The lowest BCUT2D eigenvalue weighted by molar-refractivity contribution is -0.112. The Bertz CT molecular complexity index is 1360. The Morgan fingerprint density at radius 2 is 1.80 bits per heavy atom. The number of anilines is 2. The van der Waals surface area contributed by atoms with E-state index in [1.807, 2.05) is 84.4 Å². The van der Waals surface area contributed by atoms with Gasteiger partial charge in [0.25, 0.3) is 5.91 Å². The van der Waals surface area contributed by atoms with E-state index in [1.54, 1.807) is 22.1 Å². The van der Waals surface area contributed by atoms with E-state index in [0.717, 1.165) is 35.0 Å². The molecule has 174 valence electrons. The predicted molar refractivity (Wildman–Crippen MR) is 139 cm³/mol. The first kappa shape index (κ1) is 22.6. The number of hydrogen-bond donors (Lipinski definition) is 1. The van der Waals surface area contributed by atoms with Crippen LogP contribution in [-0.2, 0) is 9.53 Å². The second-order valence-corrected chi connectivity index (χ2v) is 8.91. The molecule has 5 rings (SSSR count). The van der Waals surface area contributed by atoms with Crippen LogP contribution in [0.5, 0.6) is 0 Å². The van der Waals surface area contributed by atoms with E-state index in [4.69, 9.17) is 9.84 Å². The second kappa shape index (κ2) is 10.4. The highest BCUT2D eigenvalue weighted by Crippen LogP contribution is 2.29. The van der Waals surface area contributed by atoms with E-state index in [2.05, 4.69) is 10.2 Å². The van der Waals surface area contributed by atoms with Gasteiger partial charge in [0.2, 0.25) is 0 Å². The first-order chi connectivity index (χ1) is 17.2. The predicted octanol–water partition coefficient (Wildman–Crippen LogP) is 4.98. The summed E-state index contributed by atoms with van der Waals surface area (Å²) in [5, 5.41) is 19.3. The van der Waals surface area contributed by atoms with Crippen molar-refractivity contribution in [3.63, 3.8) is 0 Å². The summed E-state index contributed by atoms with van der Waals surface area (Å²) in [7, 11) is 0. The Morgan fingerprint density at radius 3 is 2.49 bits per heavy atom. The van der Waals surface area contributed by atoms with Crippen LogP contribution in [0.15, 0.2) is 83.9 Å². The fourth-order valence-corrected chi connectivity index (χ4v) is 4.62. The molecule has 0 radical (unpaired) electrons. The minimum atomic E-state index is -0.462. The Labute approximate surface area is 207 Å². The van der Waals surface area contributed by atoms with Crippen molar-refractivity contribution < 1.29 is 9.53 Å². The number of hydrogen-bond acceptors (Lipinski definition) is 6. The molecule has 0 atom stereocenters. The maximum absolute atomic E-state index is 13.0. The Morgan fingerprint density at radius 1 is 1.03 bits per heavy atom. The molecule has 3 heterocycles. The molecule has 0 saturated carbocycles. The van der Waals surface area contributed by atoms with Crippen molar-refractivity contribution in [3.05, 3.63) is 89.4 Å². The molecule has 0 spiro atoms. The molecule has 35 heavy (non-hydrogen) atoms. The van der Waals surface area contributed by atoms with E-state index in [-0.39, 0.29) is 5.57 Å². The van der Waals surface area contributed by atoms with E-state index >= 15 is 0 Å². The third-order valence-electron chi connectivity index (χ3n) is 5.68. The third-order valence-corrected chi connectivity index (χ3v) is 6.56. The second-order valence-electron chi connectivity index (χ2n) is 7.96. The first-order valence-electron chi connectivity index (χ1n) is 11.3. The van der Waals surface area contributed by atoms with E-state index in [9.17, 15) is 10.1 Å². The van der Waals surface area contributed by atoms with Crippen LogP contribution in [0.3, 0.4) is 0 Å². The number of carbonyl (C=O) groups is 1. The van der Waals surface area contributed by atoms with Crippen LogP contribution in [-0.4, -0.2) is 42.0 Å². The highest BCUT2D eigenvalue weighted by atomic mass is 32.1. The van der Waals surface area contributed by atoms with Gasteiger partial charge in [-0.2, -0.15) is 10.4 Å². The molecule has 0 unspecified atom stereocenters. The number of carbonyl (C=O) groups excluding carboxylic acids is 1. The normalized spacial score (nSPS) is 13.9. The van der Waals surface area contributed by atoms with E-state index < -0.39 is 5.91 Å². The summed E-state index contributed by atoms with van der Waals surface area (Å²) in [5.41, 5.74) is 4.04. The van der Waals surface area contributed by atoms with Gasteiger partial charge >= 0.3 is 0 Å². The fourth-order valence-electron chi connectivity index (χ4n) is 3.89. The van der Waals surface area contributed by atoms with Gasteiger partial charge in [-0.25, -0.2) is 4.68 Å². The Balaban J connectivity index is 1.39. The number of para-hydroxylation sites is 1. The highest BCUT2D eigenvalue weighted by Gasteiger charge is 2.16. The largest absolute Gasteiger partial charge is 0.378 e. The van der Waals surface area contributed by atoms with Crippen LogP contribution >= 0.6 is 11.3 Å². The SMILES string of the molecule is N#C/C(=C/c1cn(-c2ccccc2)nc1-c1cccs1)C(=O)Nc1ccc(N2CCOCC2)cc1. The van der Waals surface area contributed by atoms with Crippen molar-refractivity contribution in [2.45, 2.75) is 0 Å². The van der Waals surface area contributed by atoms with Gasteiger partial charge in [-0.15, -0.1) is 11.3 Å². The lowest BCUT2D eigenvalue weighted by Gasteiger charge is -2.28. The molecule has 1 aliphatic heterocycles. The smallest absolute Gasteiger partial charge is 0.266 e. The molecule has 1 fully saturated rings. The third kappa shape index (κ3) is 5.17. The highest BCUT2D eigenvalue weighted by molar-refractivity contribution is 7.13. The van der Waals surface area contributed by atoms with Crippen molar-refractivity contribution >= 4 is 34.7 Å². The maximum Gasteiger partial charge on any atom is 0.266 e. The molecule has 4 aromatic rings. The topological polar surface area (TPSA) is 83.2 Å². The van der Waals surface area contributed by atoms with Gasteiger partial charge in [0, 0.05) is 36.2 Å². The van der Waals surface area contributed by atoms with Gasteiger partial charge in [0.1, 0.15) is 17.3 Å². The Kier molecular flexibility index (Phi) is 6.70. The summed E-state index contributed by atoms with van der Waals surface area (Å²) >= 11 is 1.56. The van der Waals surface area contributed by atoms with Crippen molar-refractivity contribution in [2.75, 3.05) is 36.5 Å². The van der Waals surface area contributed by atoms with Crippen LogP contribution in [0.4, 0.5) is 11.4 Å². The summed E-state index contributed by atoms with van der Waals surface area (Å²) < 4.78 is 7.16. The number of morpholine rings is 1. The van der Waals surface area contributed by atoms with Crippen LogP contribution in [0.1, 0.15) is 5.56 Å². The lowest BCUT2D eigenvalue weighted by atomic mass is 10.1.